The highest BCUT2D eigenvalue weighted by Crippen LogP contribution is 2.23. The van der Waals surface area contributed by atoms with Gasteiger partial charge in [-0.1, -0.05) is 18.2 Å². The third-order valence-corrected chi connectivity index (χ3v) is 5.55. The number of benzene rings is 2. The van der Waals surface area contributed by atoms with Crippen molar-refractivity contribution in [2.45, 2.75) is 27.7 Å². The molecule has 0 spiro atoms. The van der Waals surface area contributed by atoms with E-state index in [2.05, 4.69) is 78.4 Å². The zero-order chi connectivity index (χ0) is 20.4. The van der Waals surface area contributed by atoms with Crippen LogP contribution in [0.1, 0.15) is 22.4 Å². The largest absolute Gasteiger partial charge is 0.368 e. The Hall–Kier alpha value is -3.08. The number of aryl methyl sites for hydroxylation is 4. The van der Waals surface area contributed by atoms with E-state index in [1.807, 2.05) is 13.0 Å². The molecule has 3 aromatic rings. The number of hydrogen-bond donors (Lipinski definition) is 1. The lowest BCUT2D eigenvalue weighted by Crippen LogP contribution is -2.47. The van der Waals surface area contributed by atoms with Gasteiger partial charge in [-0.3, -0.25) is 0 Å². The number of aromatic nitrogens is 2. The number of nitrogens with one attached hydrogen (secondary N) is 1. The van der Waals surface area contributed by atoms with Gasteiger partial charge < -0.3 is 15.1 Å². The molecule has 0 atom stereocenters. The summed E-state index contributed by atoms with van der Waals surface area (Å²) >= 11 is 0. The van der Waals surface area contributed by atoms with Gasteiger partial charge in [-0.2, -0.15) is 4.98 Å². The summed E-state index contributed by atoms with van der Waals surface area (Å²) in [5.41, 5.74) is 7.19. The normalized spacial score (nSPS) is 14.2. The molecule has 0 amide bonds. The Bertz CT molecular complexity index is 1010. The zero-order valence-electron chi connectivity index (χ0n) is 17.7. The second-order valence-electron chi connectivity index (χ2n) is 7.93. The third-order valence-electron chi connectivity index (χ3n) is 5.55. The van der Waals surface area contributed by atoms with Gasteiger partial charge in [0.05, 0.1) is 0 Å². The molecule has 0 unspecified atom stereocenters. The van der Waals surface area contributed by atoms with Crippen molar-refractivity contribution < 1.29 is 0 Å². The smallest absolute Gasteiger partial charge is 0.227 e. The molecule has 1 aliphatic heterocycles. The minimum atomic E-state index is 0.806. The predicted octanol–water partition coefficient (Wildman–Crippen LogP) is 4.78. The molecule has 1 N–H and O–H groups in total. The second-order valence-corrected chi connectivity index (χ2v) is 7.93. The molecular formula is C24H29N5. The Morgan fingerprint density at radius 1 is 0.759 bits per heavy atom. The fourth-order valence-corrected chi connectivity index (χ4v) is 3.71. The van der Waals surface area contributed by atoms with E-state index in [-0.39, 0.29) is 0 Å². The van der Waals surface area contributed by atoms with Gasteiger partial charge in [0.15, 0.2) is 0 Å². The van der Waals surface area contributed by atoms with Crippen molar-refractivity contribution in [2.24, 2.45) is 0 Å². The molecule has 1 aromatic heterocycles. The van der Waals surface area contributed by atoms with Crippen LogP contribution in [0.25, 0.3) is 0 Å². The maximum absolute atomic E-state index is 4.80. The van der Waals surface area contributed by atoms with Crippen LogP contribution in [0.4, 0.5) is 23.1 Å². The summed E-state index contributed by atoms with van der Waals surface area (Å²) in [6.07, 6.45) is 0. The minimum Gasteiger partial charge on any atom is -0.368 e. The SMILES string of the molecule is Cc1cccc(N2CCN(c3nc(C)cc(Nc4ccc(C)c(C)c4)n3)CC2)c1. The number of hydrogen-bond acceptors (Lipinski definition) is 5. The van der Waals surface area contributed by atoms with Gasteiger partial charge in [0.25, 0.3) is 0 Å². The lowest BCUT2D eigenvalue weighted by Gasteiger charge is -2.36. The standard InChI is InChI=1S/C24H29N5/c1-17-6-5-7-22(14-17)28-10-12-29(13-11-28)24-25-20(4)16-23(27-24)26-21-9-8-18(2)19(3)15-21/h5-9,14-16H,10-13H2,1-4H3,(H,25,26,27). The van der Waals surface area contributed by atoms with Crippen LogP contribution in [0.2, 0.25) is 0 Å². The number of rotatable bonds is 4. The van der Waals surface area contributed by atoms with Crippen LogP contribution in [0, 0.1) is 27.7 Å². The van der Waals surface area contributed by atoms with Crippen molar-refractivity contribution in [3.05, 3.63) is 70.9 Å². The van der Waals surface area contributed by atoms with Gasteiger partial charge in [0.1, 0.15) is 5.82 Å². The molecule has 2 heterocycles. The van der Waals surface area contributed by atoms with Crippen LogP contribution in [0.3, 0.4) is 0 Å². The summed E-state index contributed by atoms with van der Waals surface area (Å²) in [5.74, 6) is 1.65. The van der Waals surface area contributed by atoms with Crippen LogP contribution < -0.4 is 15.1 Å². The molecule has 0 bridgehead atoms. The van der Waals surface area contributed by atoms with E-state index >= 15 is 0 Å². The Morgan fingerprint density at radius 2 is 1.52 bits per heavy atom. The molecule has 0 radical (unpaired) electrons. The topological polar surface area (TPSA) is 44.3 Å². The lowest BCUT2D eigenvalue weighted by molar-refractivity contribution is 0.639. The molecule has 150 valence electrons. The van der Waals surface area contributed by atoms with Crippen molar-refractivity contribution in [3.8, 4) is 0 Å². The molecule has 5 heteroatoms. The van der Waals surface area contributed by atoms with Gasteiger partial charge >= 0.3 is 0 Å². The molecule has 1 saturated heterocycles. The van der Waals surface area contributed by atoms with Crippen molar-refractivity contribution in [1.82, 2.24) is 9.97 Å². The lowest BCUT2D eigenvalue weighted by atomic mass is 10.1. The van der Waals surface area contributed by atoms with Gasteiger partial charge in [0.2, 0.25) is 5.95 Å². The molecule has 0 saturated carbocycles. The van der Waals surface area contributed by atoms with Crippen LogP contribution in [-0.4, -0.2) is 36.1 Å². The average molecular weight is 388 g/mol. The first-order valence-corrected chi connectivity index (χ1v) is 10.2. The van der Waals surface area contributed by atoms with Crippen molar-refractivity contribution in [3.63, 3.8) is 0 Å². The first-order valence-electron chi connectivity index (χ1n) is 10.2. The van der Waals surface area contributed by atoms with Crippen molar-refractivity contribution >= 4 is 23.1 Å². The van der Waals surface area contributed by atoms with E-state index in [9.17, 15) is 0 Å². The van der Waals surface area contributed by atoms with Gasteiger partial charge in [0, 0.05) is 49.3 Å². The molecule has 4 rings (SSSR count). The first-order chi connectivity index (χ1) is 14.0. The van der Waals surface area contributed by atoms with Crippen molar-refractivity contribution in [2.75, 3.05) is 41.3 Å². The molecular weight excluding hydrogens is 358 g/mol. The Labute approximate surface area is 173 Å². The van der Waals surface area contributed by atoms with Crippen LogP contribution in [0.5, 0.6) is 0 Å². The van der Waals surface area contributed by atoms with Crippen LogP contribution >= 0.6 is 0 Å². The number of anilines is 4. The van der Waals surface area contributed by atoms with E-state index in [0.29, 0.717) is 0 Å². The highest BCUT2D eigenvalue weighted by Gasteiger charge is 2.20. The summed E-state index contributed by atoms with van der Waals surface area (Å²) < 4.78 is 0. The van der Waals surface area contributed by atoms with E-state index in [1.165, 1.54) is 22.4 Å². The summed E-state index contributed by atoms with van der Waals surface area (Å²) in [6.45, 7) is 12.2. The van der Waals surface area contributed by atoms with Crippen LogP contribution in [-0.2, 0) is 0 Å². The summed E-state index contributed by atoms with van der Waals surface area (Å²) in [6, 6.07) is 17.1. The van der Waals surface area contributed by atoms with Crippen molar-refractivity contribution in [1.29, 1.82) is 0 Å². The van der Waals surface area contributed by atoms with E-state index in [0.717, 1.165) is 49.3 Å². The number of piperazine rings is 1. The van der Waals surface area contributed by atoms with E-state index < -0.39 is 0 Å². The fourth-order valence-electron chi connectivity index (χ4n) is 3.71. The summed E-state index contributed by atoms with van der Waals surface area (Å²) in [7, 11) is 0. The zero-order valence-corrected chi connectivity index (χ0v) is 17.7. The van der Waals surface area contributed by atoms with E-state index in [1.54, 1.807) is 0 Å². The highest BCUT2D eigenvalue weighted by atomic mass is 15.3. The van der Waals surface area contributed by atoms with Gasteiger partial charge in [-0.25, -0.2) is 4.98 Å². The third kappa shape index (κ3) is 4.50. The van der Waals surface area contributed by atoms with Gasteiger partial charge in [-0.15, -0.1) is 0 Å². The monoisotopic (exact) mass is 387 g/mol. The minimum absolute atomic E-state index is 0.806. The molecule has 0 aliphatic carbocycles. The maximum atomic E-state index is 4.80. The molecule has 1 aliphatic rings. The summed E-state index contributed by atoms with van der Waals surface area (Å²) in [4.78, 5) is 14.2. The second kappa shape index (κ2) is 8.11. The first kappa shape index (κ1) is 19.2. The molecule has 2 aromatic carbocycles. The highest BCUT2D eigenvalue weighted by molar-refractivity contribution is 5.59. The Kier molecular flexibility index (Phi) is 5.38. The van der Waals surface area contributed by atoms with Crippen LogP contribution in [0.15, 0.2) is 48.5 Å². The Morgan fingerprint density at radius 3 is 2.24 bits per heavy atom. The quantitative estimate of drug-likeness (QED) is 0.698. The maximum Gasteiger partial charge on any atom is 0.227 e. The van der Waals surface area contributed by atoms with Gasteiger partial charge in [-0.05, 0) is 68.7 Å². The molecule has 5 nitrogen and oxygen atoms in total. The molecule has 1 fully saturated rings. The average Bonchev–Trinajstić information content (AvgIpc) is 2.70. The predicted molar refractivity (Wildman–Crippen MR) is 122 cm³/mol. The Balaban J connectivity index is 1.47. The van der Waals surface area contributed by atoms with E-state index in [4.69, 9.17) is 9.97 Å². The molecule has 29 heavy (non-hydrogen) atoms. The summed E-state index contributed by atoms with van der Waals surface area (Å²) in [5, 5.41) is 3.44. The fraction of sp³-hybridized carbons (Fsp3) is 0.333. The number of nitrogens with zero attached hydrogens (tertiary/aromatic N) is 4.